The third-order valence-electron chi connectivity index (χ3n) is 4.43. The summed E-state index contributed by atoms with van der Waals surface area (Å²) < 4.78 is 56.0. The maximum absolute atomic E-state index is 13.3. The zero-order valence-electron chi connectivity index (χ0n) is 14.9. The van der Waals surface area contributed by atoms with Crippen LogP contribution < -0.4 is 14.2 Å². The minimum atomic E-state index is -4.23. The van der Waals surface area contributed by atoms with Crippen LogP contribution in [0.2, 0.25) is 0 Å². The topological polar surface area (TPSA) is 150 Å². The number of anilines is 1. The molecule has 0 saturated heterocycles. The third kappa shape index (κ3) is 3.30. The fourth-order valence-electron chi connectivity index (χ4n) is 3.21. The van der Waals surface area contributed by atoms with Crippen molar-refractivity contribution in [2.24, 2.45) is 5.14 Å². The lowest BCUT2D eigenvalue weighted by atomic mass is 10.1. The van der Waals surface area contributed by atoms with Gasteiger partial charge in [-0.1, -0.05) is 0 Å². The number of ether oxygens (including phenoxy) is 1. The van der Waals surface area contributed by atoms with Crippen LogP contribution in [0.25, 0.3) is 0 Å². The van der Waals surface area contributed by atoms with E-state index in [2.05, 4.69) is 0 Å². The third-order valence-corrected chi connectivity index (χ3v) is 7.29. The number of nitrogens with zero attached hydrogens (tertiary/aromatic N) is 2. The van der Waals surface area contributed by atoms with Gasteiger partial charge in [0.15, 0.2) is 0 Å². The van der Waals surface area contributed by atoms with Gasteiger partial charge in [-0.3, -0.25) is 14.4 Å². The van der Waals surface area contributed by atoms with Gasteiger partial charge in [0.25, 0.3) is 15.7 Å². The molecular weight excluding hydrogens is 410 g/mol. The molecule has 0 spiro atoms. The van der Waals surface area contributed by atoms with Gasteiger partial charge < -0.3 is 4.74 Å². The van der Waals surface area contributed by atoms with E-state index in [-0.39, 0.29) is 27.6 Å². The SMILES string of the molecule is COc1ccc([N+](=O)[O-])cc1S(=O)(=O)N1c2ccc(S(N)(=O)=O)cc2CC1C. The molecule has 1 aliphatic heterocycles. The standard InChI is InChI=1S/C16H17N3O7S2/c1-10-7-11-8-13(27(17,22)23)4-5-14(11)18(10)28(24,25)16-9-12(19(20)21)3-6-15(16)26-2/h3-6,8-10H,7H2,1-2H3,(H2,17,22,23). The Morgan fingerprint density at radius 1 is 1.18 bits per heavy atom. The van der Waals surface area contributed by atoms with Crippen LogP contribution >= 0.6 is 0 Å². The first-order chi connectivity index (χ1) is 13.0. The molecule has 0 radical (unpaired) electrons. The molecule has 10 nitrogen and oxygen atoms in total. The lowest BCUT2D eigenvalue weighted by Gasteiger charge is -2.25. The molecule has 1 aliphatic rings. The number of non-ortho nitro benzene ring substituents is 1. The summed E-state index contributed by atoms with van der Waals surface area (Å²) in [6, 6.07) is 6.69. The van der Waals surface area contributed by atoms with E-state index in [0.29, 0.717) is 5.56 Å². The van der Waals surface area contributed by atoms with E-state index < -0.39 is 36.7 Å². The number of methoxy groups -OCH3 is 1. The summed E-state index contributed by atoms with van der Waals surface area (Å²) in [4.78, 5) is 9.92. The Morgan fingerprint density at radius 2 is 1.86 bits per heavy atom. The highest BCUT2D eigenvalue weighted by Gasteiger charge is 2.38. The van der Waals surface area contributed by atoms with Crippen molar-refractivity contribution < 1.29 is 26.5 Å². The Kier molecular flexibility index (Phi) is 4.81. The van der Waals surface area contributed by atoms with Crippen molar-refractivity contribution in [3.63, 3.8) is 0 Å². The van der Waals surface area contributed by atoms with Crippen LogP contribution in [0.1, 0.15) is 12.5 Å². The van der Waals surface area contributed by atoms with Crippen LogP contribution in [0.15, 0.2) is 46.2 Å². The van der Waals surface area contributed by atoms with E-state index in [1.54, 1.807) is 6.92 Å². The minimum Gasteiger partial charge on any atom is -0.495 e. The smallest absolute Gasteiger partial charge is 0.271 e. The Morgan fingerprint density at radius 3 is 2.43 bits per heavy atom. The molecule has 3 rings (SSSR count). The van der Waals surface area contributed by atoms with Crippen LogP contribution in [-0.4, -0.2) is 34.9 Å². The molecule has 2 aromatic rings. The van der Waals surface area contributed by atoms with E-state index in [0.717, 1.165) is 16.4 Å². The molecule has 2 N–H and O–H groups in total. The molecule has 1 heterocycles. The summed E-state index contributed by atoms with van der Waals surface area (Å²) >= 11 is 0. The van der Waals surface area contributed by atoms with Gasteiger partial charge in [-0.2, -0.15) is 0 Å². The number of rotatable bonds is 5. The number of hydrogen-bond acceptors (Lipinski definition) is 7. The van der Waals surface area contributed by atoms with Gasteiger partial charge in [0.05, 0.1) is 22.6 Å². The molecule has 0 bridgehead atoms. The first-order valence-corrected chi connectivity index (χ1v) is 11.0. The molecule has 0 aromatic heterocycles. The molecular formula is C16H17N3O7S2. The van der Waals surface area contributed by atoms with Crippen LogP contribution in [0.3, 0.4) is 0 Å². The van der Waals surface area contributed by atoms with E-state index in [9.17, 15) is 26.9 Å². The largest absolute Gasteiger partial charge is 0.495 e. The minimum absolute atomic E-state index is 0.0348. The van der Waals surface area contributed by atoms with Crippen LogP contribution in [0.5, 0.6) is 5.75 Å². The number of fused-ring (bicyclic) bond motifs is 1. The predicted molar refractivity (Wildman–Crippen MR) is 100 cm³/mol. The van der Waals surface area contributed by atoms with Crippen molar-refractivity contribution in [2.45, 2.75) is 29.2 Å². The van der Waals surface area contributed by atoms with Gasteiger partial charge in [0, 0.05) is 18.2 Å². The first kappa shape index (κ1) is 20.0. The number of sulfonamides is 2. The summed E-state index contributed by atoms with van der Waals surface area (Å²) in [7, 11) is -6.90. The summed E-state index contributed by atoms with van der Waals surface area (Å²) in [5.74, 6) is -0.0348. The monoisotopic (exact) mass is 427 g/mol. The fraction of sp³-hybridized carbons (Fsp3) is 0.250. The molecule has 2 aromatic carbocycles. The number of benzene rings is 2. The molecule has 0 saturated carbocycles. The molecule has 1 atom stereocenters. The zero-order chi connectivity index (χ0) is 20.9. The van der Waals surface area contributed by atoms with E-state index in [4.69, 9.17) is 9.88 Å². The molecule has 0 aliphatic carbocycles. The first-order valence-electron chi connectivity index (χ1n) is 7.99. The maximum Gasteiger partial charge on any atom is 0.271 e. The van der Waals surface area contributed by atoms with Gasteiger partial charge in [0.1, 0.15) is 10.6 Å². The molecule has 1 unspecified atom stereocenters. The highest BCUT2D eigenvalue weighted by molar-refractivity contribution is 7.93. The maximum atomic E-state index is 13.3. The highest BCUT2D eigenvalue weighted by Crippen LogP contribution is 2.40. The van der Waals surface area contributed by atoms with Gasteiger partial charge in [-0.05, 0) is 43.2 Å². The van der Waals surface area contributed by atoms with Gasteiger partial charge in [-0.15, -0.1) is 0 Å². The zero-order valence-corrected chi connectivity index (χ0v) is 16.5. The summed E-state index contributed by atoms with van der Waals surface area (Å²) in [6.45, 7) is 1.65. The molecule has 0 fully saturated rings. The van der Waals surface area contributed by atoms with Crippen molar-refractivity contribution in [1.82, 2.24) is 0 Å². The lowest BCUT2D eigenvalue weighted by molar-refractivity contribution is -0.385. The van der Waals surface area contributed by atoms with Gasteiger partial charge in [0.2, 0.25) is 10.0 Å². The van der Waals surface area contributed by atoms with Crippen molar-refractivity contribution in [3.8, 4) is 5.75 Å². The molecule has 12 heteroatoms. The summed E-state index contributed by atoms with van der Waals surface area (Å²) in [5, 5.41) is 16.2. The summed E-state index contributed by atoms with van der Waals surface area (Å²) in [5.41, 5.74) is 0.386. The fourth-order valence-corrected chi connectivity index (χ4v) is 5.65. The lowest BCUT2D eigenvalue weighted by Crippen LogP contribution is -2.36. The van der Waals surface area contributed by atoms with Crippen LogP contribution in [0.4, 0.5) is 11.4 Å². The van der Waals surface area contributed by atoms with Gasteiger partial charge >= 0.3 is 0 Å². The molecule has 28 heavy (non-hydrogen) atoms. The Hall–Kier alpha value is -2.70. The van der Waals surface area contributed by atoms with Gasteiger partial charge in [-0.25, -0.2) is 22.0 Å². The average molecular weight is 427 g/mol. The number of hydrogen-bond donors (Lipinski definition) is 1. The van der Waals surface area contributed by atoms with E-state index in [1.165, 1.54) is 31.4 Å². The normalized spacial score (nSPS) is 16.7. The second-order valence-electron chi connectivity index (χ2n) is 6.28. The number of nitro benzene ring substituents is 1. The second kappa shape index (κ2) is 6.72. The number of nitro groups is 1. The van der Waals surface area contributed by atoms with Crippen LogP contribution in [0, 0.1) is 10.1 Å². The van der Waals surface area contributed by atoms with E-state index in [1.807, 2.05) is 0 Å². The summed E-state index contributed by atoms with van der Waals surface area (Å²) in [6.07, 6.45) is 0.259. The quantitative estimate of drug-likeness (QED) is 0.559. The molecule has 0 amide bonds. The molecule has 150 valence electrons. The van der Waals surface area contributed by atoms with Crippen molar-refractivity contribution >= 4 is 31.4 Å². The average Bonchev–Trinajstić information content (AvgIpc) is 2.95. The Bertz CT molecular complexity index is 1180. The number of primary sulfonamides is 1. The van der Waals surface area contributed by atoms with Crippen LogP contribution in [-0.2, 0) is 26.5 Å². The van der Waals surface area contributed by atoms with Crippen molar-refractivity contribution in [1.29, 1.82) is 0 Å². The van der Waals surface area contributed by atoms with E-state index >= 15 is 0 Å². The second-order valence-corrected chi connectivity index (χ2v) is 9.63. The van der Waals surface area contributed by atoms with Crippen molar-refractivity contribution in [2.75, 3.05) is 11.4 Å². The Labute approximate surface area is 161 Å². The van der Waals surface area contributed by atoms with Crippen molar-refractivity contribution in [3.05, 3.63) is 52.1 Å². The Balaban J connectivity index is 2.17. The number of nitrogens with two attached hydrogens (primary N) is 1. The highest BCUT2D eigenvalue weighted by atomic mass is 32.2. The predicted octanol–water partition coefficient (Wildman–Crippen LogP) is 1.39.